The number of unbranched alkanes of at least 4 members (excludes halogenated alkanes) is 32. The number of carbonyl (C=O) groups is 3. The van der Waals surface area contributed by atoms with Crippen LogP contribution in [0, 0.1) is 0 Å². The lowest BCUT2D eigenvalue weighted by molar-refractivity contribution is -0.167. The topological polar surface area (TPSA) is 78.9 Å². The largest absolute Gasteiger partial charge is 0.462 e. The molecule has 474 valence electrons. The third kappa shape index (κ3) is 68.5. The van der Waals surface area contributed by atoms with Crippen LogP contribution < -0.4 is 0 Å². The van der Waals surface area contributed by atoms with Crippen molar-refractivity contribution in [2.45, 2.75) is 335 Å². The summed E-state index contributed by atoms with van der Waals surface area (Å²) in [7, 11) is 0. The van der Waals surface area contributed by atoms with Crippen LogP contribution in [0.5, 0.6) is 0 Å². The van der Waals surface area contributed by atoms with E-state index < -0.39 is 6.10 Å². The molecule has 0 rings (SSSR count). The minimum Gasteiger partial charge on any atom is -0.462 e. The van der Waals surface area contributed by atoms with Crippen LogP contribution in [0.4, 0.5) is 0 Å². The molecule has 1 unspecified atom stereocenters. The van der Waals surface area contributed by atoms with Crippen LogP contribution in [-0.2, 0) is 28.6 Å². The van der Waals surface area contributed by atoms with E-state index in [0.29, 0.717) is 19.3 Å². The molecule has 0 bridgehead atoms. The van der Waals surface area contributed by atoms with Crippen LogP contribution in [-0.4, -0.2) is 37.2 Å². The Balaban J connectivity index is 4.35. The quantitative estimate of drug-likeness (QED) is 0.0261. The molecule has 0 aliphatic heterocycles. The average molecular weight is 1150 g/mol. The van der Waals surface area contributed by atoms with Gasteiger partial charge in [-0.25, -0.2) is 0 Å². The summed E-state index contributed by atoms with van der Waals surface area (Å²) < 4.78 is 17.0. The Hall–Kier alpha value is -4.19. The highest BCUT2D eigenvalue weighted by molar-refractivity contribution is 5.71. The van der Waals surface area contributed by atoms with Gasteiger partial charge in [0.25, 0.3) is 0 Å². The summed E-state index contributed by atoms with van der Waals surface area (Å²) in [6.45, 7) is 6.53. The molecule has 1 atom stereocenters. The number of esters is 3. The summed E-state index contributed by atoms with van der Waals surface area (Å²) in [4.78, 5) is 38.4. The first kappa shape index (κ1) is 78.8. The molecule has 0 saturated carbocycles. The number of ether oxygens (including phenoxy) is 3. The van der Waals surface area contributed by atoms with E-state index in [1.165, 1.54) is 161 Å². The molecule has 0 fully saturated rings. The summed E-state index contributed by atoms with van der Waals surface area (Å²) >= 11 is 0. The molecule has 0 radical (unpaired) electrons. The number of hydrogen-bond donors (Lipinski definition) is 0. The molecule has 0 spiro atoms. The molecule has 0 aliphatic carbocycles. The second-order valence-corrected chi connectivity index (χ2v) is 23.1. The molecule has 0 aromatic rings. The number of hydrogen-bond acceptors (Lipinski definition) is 6. The Labute approximate surface area is 513 Å². The summed E-state index contributed by atoms with van der Waals surface area (Å²) in [6, 6.07) is 0. The molecule has 0 aliphatic rings. The van der Waals surface area contributed by atoms with Crippen molar-refractivity contribution in [1.82, 2.24) is 0 Å². The maximum absolute atomic E-state index is 13.0. The molecule has 0 N–H and O–H groups in total. The highest BCUT2D eigenvalue weighted by Gasteiger charge is 2.19. The zero-order valence-electron chi connectivity index (χ0n) is 54.4. The van der Waals surface area contributed by atoms with E-state index in [1.54, 1.807) is 0 Å². The third-order valence-electron chi connectivity index (χ3n) is 15.0. The van der Waals surface area contributed by atoms with Gasteiger partial charge in [-0.05, 0) is 116 Å². The summed E-state index contributed by atoms with van der Waals surface area (Å²) in [5.74, 6) is -0.892. The monoisotopic (exact) mass is 1150 g/mol. The highest BCUT2D eigenvalue weighted by Crippen LogP contribution is 2.16. The van der Waals surface area contributed by atoms with Crippen molar-refractivity contribution in [3.05, 3.63) is 122 Å². The lowest BCUT2D eigenvalue weighted by atomic mass is 10.0. The third-order valence-corrected chi connectivity index (χ3v) is 15.0. The molecule has 0 heterocycles. The van der Waals surface area contributed by atoms with Crippen LogP contribution in [0.3, 0.4) is 0 Å². The van der Waals surface area contributed by atoms with Gasteiger partial charge in [-0.1, -0.05) is 316 Å². The maximum atomic E-state index is 13.0. The minimum atomic E-state index is -0.790. The Morgan fingerprint density at radius 1 is 0.253 bits per heavy atom. The lowest BCUT2D eigenvalue weighted by Crippen LogP contribution is -2.30. The van der Waals surface area contributed by atoms with Gasteiger partial charge < -0.3 is 14.2 Å². The molecule has 0 saturated heterocycles. The second-order valence-electron chi connectivity index (χ2n) is 23.1. The predicted molar refractivity (Wildman–Crippen MR) is 362 cm³/mol. The summed E-state index contributed by atoms with van der Waals surface area (Å²) in [5, 5.41) is 0. The number of carbonyl (C=O) groups excluding carboxylic acids is 3. The Bertz CT molecular complexity index is 1700. The van der Waals surface area contributed by atoms with E-state index in [1.807, 2.05) is 0 Å². The van der Waals surface area contributed by atoms with Gasteiger partial charge in [0.05, 0.1) is 0 Å². The van der Waals surface area contributed by atoms with E-state index in [2.05, 4.69) is 142 Å². The number of allylic oxidation sites excluding steroid dienone is 20. The fourth-order valence-corrected chi connectivity index (χ4v) is 9.73. The van der Waals surface area contributed by atoms with Crippen molar-refractivity contribution in [3.8, 4) is 0 Å². The summed E-state index contributed by atoms with van der Waals surface area (Å²) in [6.07, 6.45) is 97.8. The fraction of sp³-hybridized carbons (Fsp3) is 0.701. The standard InChI is InChI=1S/C77H130O6/c1-4-7-10-13-16-19-22-25-27-29-31-33-35-36-37-38-39-40-42-43-45-47-49-52-55-58-61-64-67-70-76(79)82-73-74(72-81-75(78)69-66-63-60-57-54-51-24-21-18-15-12-9-6-3)83-77(80)71-68-65-62-59-56-53-50-48-46-44-41-34-32-30-28-26-23-20-17-14-11-8-5-2/h7,10,16,19,23,25-27,30-33,36-37,39-41,43-45,74H,4-6,8-9,11-15,17-18,20-22,24,28-29,34-35,38,42,46-73H2,1-3H3/b10-7-,19-16-,26-23-,27-25-,32-30-,33-31-,37-36-,40-39-,44-41-,45-43-. The van der Waals surface area contributed by atoms with Crippen LogP contribution in [0.15, 0.2) is 122 Å². The number of rotatable bonds is 63. The van der Waals surface area contributed by atoms with E-state index >= 15 is 0 Å². The summed E-state index contributed by atoms with van der Waals surface area (Å²) in [5.41, 5.74) is 0. The van der Waals surface area contributed by atoms with Crippen LogP contribution in [0.25, 0.3) is 0 Å². The first-order valence-electron chi connectivity index (χ1n) is 35.0. The van der Waals surface area contributed by atoms with Gasteiger partial charge in [0, 0.05) is 19.3 Å². The van der Waals surface area contributed by atoms with Gasteiger partial charge in [0.2, 0.25) is 0 Å². The molecule has 6 nitrogen and oxygen atoms in total. The molecule has 6 heteroatoms. The average Bonchev–Trinajstić information content (AvgIpc) is 3.49. The van der Waals surface area contributed by atoms with E-state index in [9.17, 15) is 14.4 Å². The van der Waals surface area contributed by atoms with Crippen LogP contribution >= 0.6 is 0 Å². The van der Waals surface area contributed by atoms with Crippen molar-refractivity contribution in [1.29, 1.82) is 0 Å². The molecular weight excluding hydrogens is 1020 g/mol. The zero-order chi connectivity index (χ0) is 59.9. The van der Waals surface area contributed by atoms with Gasteiger partial charge in [-0.2, -0.15) is 0 Å². The van der Waals surface area contributed by atoms with Crippen molar-refractivity contribution in [2.75, 3.05) is 13.2 Å². The molecular formula is C77H130O6. The SMILES string of the molecule is CC/C=C\C/C=C\C/C=C\C/C=C\C/C=C\C/C=C\C/C=C\CCCCCCCCCC(=O)OCC(COC(=O)CCCCCCCCCCCCCCC)OC(=O)CCCCCCCCCC/C=C\C/C=C\C/C=C\CCCCCCC. The Morgan fingerprint density at radius 3 is 0.735 bits per heavy atom. The second kappa shape index (κ2) is 70.3. The van der Waals surface area contributed by atoms with Gasteiger partial charge in [0.1, 0.15) is 13.2 Å². The van der Waals surface area contributed by atoms with Crippen LogP contribution in [0.2, 0.25) is 0 Å². The van der Waals surface area contributed by atoms with E-state index in [0.717, 1.165) is 128 Å². The fourth-order valence-electron chi connectivity index (χ4n) is 9.73. The predicted octanol–water partition coefficient (Wildman–Crippen LogP) is 24.3. The van der Waals surface area contributed by atoms with E-state index in [4.69, 9.17) is 14.2 Å². The first-order valence-corrected chi connectivity index (χ1v) is 35.0. The first-order chi connectivity index (χ1) is 41.0. The van der Waals surface area contributed by atoms with Crippen LogP contribution in [0.1, 0.15) is 329 Å². The molecule has 0 aromatic heterocycles. The lowest BCUT2D eigenvalue weighted by Gasteiger charge is -2.18. The minimum absolute atomic E-state index is 0.0837. The van der Waals surface area contributed by atoms with Crippen molar-refractivity contribution in [2.24, 2.45) is 0 Å². The molecule has 83 heavy (non-hydrogen) atoms. The van der Waals surface area contributed by atoms with Crippen molar-refractivity contribution < 1.29 is 28.6 Å². The highest BCUT2D eigenvalue weighted by atomic mass is 16.6. The van der Waals surface area contributed by atoms with Gasteiger partial charge in [-0.3, -0.25) is 14.4 Å². The van der Waals surface area contributed by atoms with Crippen molar-refractivity contribution >= 4 is 17.9 Å². The Kier molecular flexibility index (Phi) is 66.7. The Morgan fingerprint density at radius 2 is 0.470 bits per heavy atom. The maximum Gasteiger partial charge on any atom is 0.306 e. The zero-order valence-corrected chi connectivity index (χ0v) is 54.4. The smallest absolute Gasteiger partial charge is 0.306 e. The van der Waals surface area contributed by atoms with Crippen molar-refractivity contribution in [3.63, 3.8) is 0 Å². The molecule has 0 amide bonds. The molecule has 0 aromatic carbocycles. The van der Waals surface area contributed by atoms with Gasteiger partial charge >= 0.3 is 17.9 Å². The van der Waals surface area contributed by atoms with Gasteiger partial charge in [0.15, 0.2) is 6.10 Å². The normalized spacial score (nSPS) is 12.9. The van der Waals surface area contributed by atoms with Gasteiger partial charge in [-0.15, -0.1) is 0 Å². The van der Waals surface area contributed by atoms with E-state index in [-0.39, 0.29) is 31.1 Å².